The third kappa shape index (κ3) is 2.58. The van der Waals surface area contributed by atoms with Crippen LogP contribution in [-0.4, -0.2) is 23.1 Å². The zero-order chi connectivity index (χ0) is 7.72. The molecule has 4 heteroatoms. The lowest BCUT2D eigenvalue weighted by molar-refractivity contribution is 0.593. The third-order valence-electron chi connectivity index (χ3n) is 1.17. The van der Waals surface area contributed by atoms with Crippen LogP contribution in [0.4, 0.5) is 8.78 Å². The molecule has 0 heterocycles. The van der Waals surface area contributed by atoms with Gasteiger partial charge >= 0.3 is 23.1 Å². The quantitative estimate of drug-likeness (QED) is 0.432. The zero-order valence-electron chi connectivity index (χ0n) is 5.29. The maximum absolute atomic E-state index is 12.6. The molecular formula is C7H7ClF2Mg. The van der Waals surface area contributed by atoms with Crippen molar-refractivity contribution in [1.29, 1.82) is 0 Å². The van der Waals surface area contributed by atoms with Gasteiger partial charge in [0.1, 0.15) is 11.6 Å². The number of aryl methyl sites for hydroxylation is 1. The second kappa shape index (κ2) is 4.23. The Morgan fingerprint density at radius 1 is 1.27 bits per heavy atom. The van der Waals surface area contributed by atoms with E-state index in [0.29, 0.717) is 0 Å². The first-order valence-electron chi connectivity index (χ1n) is 2.72. The molecule has 0 amide bonds. The Morgan fingerprint density at radius 2 is 1.82 bits per heavy atom. The lowest BCUT2D eigenvalue weighted by Gasteiger charge is -1.97. The van der Waals surface area contributed by atoms with Crippen LogP contribution in [-0.2, 0) is 0 Å². The first kappa shape index (κ1) is 11.1. The van der Waals surface area contributed by atoms with Crippen molar-refractivity contribution in [1.82, 2.24) is 0 Å². The van der Waals surface area contributed by atoms with Crippen molar-refractivity contribution in [3.8, 4) is 0 Å². The van der Waals surface area contributed by atoms with Gasteiger partial charge in [0.05, 0.1) is 5.02 Å². The molecule has 1 rings (SSSR count). The molecule has 0 N–H and O–H groups in total. The lowest BCUT2D eigenvalue weighted by Crippen LogP contribution is -1.85. The second-order valence-electron chi connectivity index (χ2n) is 2.02. The molecule has 0 aliphatic rings. The molecule has 0 radical (unpaired) electrons. The minimum atomic E-state index is -0.553. The molecule has 0 fully saturated rings. The van der Waals surface area contributed by atoms with Crippen molar-refractivity contribution in [2.45, 2.75) is 6.92 Å². The van der Waals surface area contributed by atoms with Gasteiger partial charge in [0.15, 0.2) is 0 Å². The molecule has 0 aromatic heterocycles. The van der Waals surface area contributed by atoms with E-state index in [1.165, 1.54) is 6.92 Å². The summed E-state index contributed by atoms with van der Waals surface area (Å²) in [6, 6.07) is 2.05. The highest BCUT2D eigenvalue weighted by Gasteiger charge is 2.04. The smallest absolute Gasteiger partial charge is 0.207 e. The van der Waals surface area contributed by atoms with Crippen molar-refractivity contribution in [3.63, 3.8) is 0 Å². The summed E-state index contributed by atoms with van der Waals surface area (Å²) in [6.45, 7) is 1.46. The van der Waals surface area contributed by atoms with Crippen LogP contribution < -0.4 is 0 Å². The maximum atomic E-state index is 12.6. The monoisotopic (exact) mass is 188 g/mol. The molecule has 0 aliphatic carbocycles. The predicted octanol–water partition coefficient (Wildman–Crippen LogP) is 2.01. The van der Waals surface area contributed by atoms with Crippen LogP contribution in [0.5, 0.6) is 0 Å². The van der Waals surface area contributed by atoms with E-state index in [1.54, 1.807) is 0 Å². The van der Waals surface area contributed by atoms with E-state index in [1.807, 2.05) is 0 Å². The minimum absolute atomic E-state index is 0. The van der Waals surface area contributed by atoms with Gasteiger partial charge in [0, 0.05) is 0 Å². The molecular weight excluding hydrogens is 182 g/mol. The number of hydrogen-bond donors (Lipinski definition) is 0. The van der Waals surface area contributed by atoms with E-state index >= 15 is 0 Å². The molecule has 1 aromatic carbocycles. The molecule has 0 nitrogen and oxygen atoms in total. The molecule has 1 aromatic rings. The molecule has 11 heavy (non-hydrogen) atoms. The summed E-state index contributed by atoms with van der Waals surface area (Å²) in [5, 5.41) is -0.169. The van der Waals surface area contributed by atoms with Crippen molar-refractivity contribution in [3.05, 3.63) is 34.4 Å². The second-order valence-corrected chi connectivity index (χ2v) is 2.43. The van der Waals surface area contributed by atoms with Crippen LogP contribution in [0.25, 0.3) is 0 Å². The van der Waals surface area contributed by atoms with Crippen LogP contribution >= 0.6 is 11.6 Å². The Morgan fingerprint density at radius 3 is 2.27 bits per heavy atom. The fourth-order valence-electron chi connectivity index (χ4n) is 0.685. The highest BCUT2D eigenvalue weighted by Crippen LogP contribution is 2.18. The van der Waals surface area contributed by atoms with E-state index in [0.717, 1.165) is 12.1 Å². The van der Waals surface area contributed by atoms with E-state index in [-0.39, 0.29) is 33.6 Å². The van der Waals surface area contributed by atoms with E-state index < -0.39 is 11.6 Å². The van der Waals surface area contributed by atoms with Crippen molar-refractivity contribution in [2.75, 3.05) is 0 Å². The van der Waals surface area contributed by atoms with Gasteiger partial charge in [-0.05, 0) is 24.6 Å². The Bertz CT molecular complexity index is 240. The molecule has 0 aliphatic heterocycles. The zero-order valence-corrected chi connectivity index (χ0v) is 6.04. The topological polar surface area (TPSA) is 0 Å². The van der Waals surface area contributed by atoms with Crippen LogP contribution in [0.2, 0.25) is 5.02 Å². The number of rotatable bonds is 0. The van der Waals surface area contributed by atoms with E-state index in [9.17, 15) is 8.78 Å². The average Bonchev–Trinajstić information content (AvgIpc) is 1.82. The van der Waals surface area contributed by atoms with Crippen LogP contribution in [0.15, 0.2) is 12.1 Å². The summed E-state index contributed by atoms with van der Waals surface area (Å²) in [5.74, 6) is -1.06. The van der Waals surface area contributed by atoms with Crippen molar-refractivity contribution >= 4 is 34.7 Å². The average molecular weight is 189 g/mol. The van der Waals surface area contributed by atoms with Crippen molar-refractivity contribution < 1.29 is 8.78 Å². The van der Waals surface area contributed by atoms with Gasteiger partial charge in [-0.2, -0.15) is 0 Å². The third-order valence-corrected chi connectivity index (χ3v) is 1.45. The summed E-state index contributed by atoms with van der Waals surface area (Å²) in [4.78, 5) is 0. The fraction of sp³-hybridized carbons (Fsp3) is 0.143. The number of halogens is 3. The van der Waals surface area contributed by atoms with Gasteiger partial charge in [-0.25, -0.2) is 8.78 Å². The van der Waals surface area contributed by atoms with Gasteiger partial charge in [-0.15, -0.1) is 0 Å². The van der Waals surface area contributed by atoms with Crippen molar-refractivity contribution in [2.24, 2.45) is 0 Å². The number of benzene rings is 1. The first-order chi connectivity index (χ1) is 4.61. The molecule has 0 spiro atoms. The Balaban J connectivity index is 0.000001000. The fourth-order valence-corrected chi connectivity index (χ4v) is 0.938. The highest BCUT2D eigenvalue weighted by atomic mass is 35.5. The molecule has 0 atom stereocenters. The molecule has 0 saturated carbocycles. The first-order valence-corrected chi connectivity index (χ1v) is 3.10. The SMILES string of the molecule is Cc1cc(F)cc(Cl)c1F.[MgH2]. The standard InChI is InChI=1S/C7H5ClF2.Mg.2H/c1-4-2-5(9)3-6(8)7(4)10;;;/h2-3H,1H3;;;. The molecule has 0 saturated heterocycles. The summed E-state index contributed by atoms with van der Waals surface area (Å²) in [5.41, 5.74) is 0.227. The largest absolute Gasteiger partial charge is 0.316 e. The van der Waals surface area contributed by atoms with E-state index in [2.05, 4.69) is 0 Å². The van der Waals surface area contributed by atoms with Crippen LogP contribution in [0, 0.1) is 18.6 Å². The highest BCUT2D eigenvalue weighted by molar-refractivity contribution is 6.30. The van der Waals surface area contributed by atoms with Gasteiger partial charge < -0.3 is 0 Å². The molecule has 0 bridgehead atoms. The normalized spacial score (nSPS) is 9.09. The summed E-state index contributed by atoms with van der Waals surface area (Å²) < 4.78 is 25.0. The Labute approximate surface area is 84.7 Å². The Kier molecular flexibility index (Phi) is 4.29. The summed E-state index contributed by atoms with van der Waals surface area (Å²) in [6.07, 6.45) is 0. The summed E-state index contributed by atoms with van der Waals surface area (Å²) in [7, 11) is 0. The van der Waals surface area contributed by atoms with E-state index in [4.69, 9.17) is 11.6 Å². The van der Waals surface area contributed by atoms with Crippen LogP contribution in [0.1, 0.15) is 5.56 Å². The van der Waals surface area contributed by atoms with Gasteiger partial charge in [0.2, 0.25) is 0 Å². The minimum Gasteiger partial charge on any atom is -0.207 e. The summed E-state index contributed by atoms with van der Waals surface area (Å²) >= 11 is 5.30. The Hall–Kier alpha value is 0.136. The van der Waals surface area contributed by atoms with Gasteiger partial charge in [-0.1, -0.05) is 11.6 Å². The van der Waals surface area contributed by atoms with Crippen LogP contribution in [0.3, 0.4) is 0 Å². The maximum Gasteiger partial charge on any atom is 0.316 e. The van der Waals surface area contributed by atoms with Gasteiger partial charge in [-0.3, -0.25) is 0 Å². The van der Waals surface area contributed by atoms with Gasteiger partial charge in [0.25, 0.3) is 0 Å². The molecule has 0 unspecified atom stereocenters. The predicted molar refractivity (Wildman–Crippen MR) is 44.6 cm³/mol. The molecule has 58 valence electrons. The lowest BCUT2D eigenvalue weighted by atomic mass is 10.2. The number of hydrogen-bond acceptors (Lipinski definition) is 0.